The van der Waals surface area contributed by atoms with E-state index in [2.05, 4.69) is 20.9 Å². The quantitative estimate of drug-likeness (QED) is 0.844. The fourth-order valence-electron chi connectivity index (χ4n) is 2.97. The van der Waals surface area contributed by atoms with E-state index in [1.807, 2.05) is 25.3 Å². The van der Waals surface area contributed by atoms with E-state index < -0.39 is 0 Å². The highest BCUT2D eigenvalue weighted by molar-refractivity contribution is 5.48. The van der Waals surface area contributed by atoms with E-state index in [4.69, 9.17) is 9.47 Å². The number of rotatable bonds is 2. The second-order valence-corrected chi connectivity index (χ2v) is 5.50. The molecular formula is C16H17N3O2. The number of benzene rings is 1. The summed E-state index contributed by atoms with van der Waals surface area (Å²) in [6.07, 6.45) is 2.93. The molecule has 0 amide bonds. The summed E-state index contributed by atoms with van der Waals surface area (Å²) in [5.41, 5.74) is 3.61. The summed E-state index contributed by atoms with van der Waals surface area (Å²) in [6, 6.07) is 6.08. The van der Waals surface area contributed by atoms with E-state index in [-0.39, 0.29) is 0 Å². The molecule has 2 aromatic rings. The molecule has 1 aromatic heterocycles. The maximum atomic E-state index is 5.58. The van der Waals surface area contributed by atoms with Gasteiger partial charge in [0.05, 0.1) is 0 Å². The van der Waals surface area contributed by atoms with Crippen LogP contribution in [0.2, 0.25) is 0 Å². The Hall–Kier alpha value is -2.14. The van der Waals surface area contributed by atoms with Crippen molar-refractivity contribution in [2.75, 3.05) is 13.3 Å². The zero-order valence-electron chi connectivity index (χ0n) is 12.0. The number of hydrogen-bond acceptors (Lipinski definition) is 5. The summed E-state index contributed by atoms with van der Waals surface area (Å²) >= 11 is 0. The van der Waals surface area contributed by atoms with Crippen LogP contribution in [0.5, 0.6) is 11.5 Å². The minimum Gasteiger partial charge on any atom is -0.454 e. The van der Waals surface area contributed by atoms with Crippen molar-refractivity contribution in [2.24, 2.45) is 0 Å². The Morgan fingerprint density at radius 3 is 3.19 bits per heavy atom. The van der Waals surface area contributed by atoms with Crippen LogP contribution in [0.1, 0.15) is 22.6 Å². The number of ether oxygens (including phenoxy) is 2. The van der Waals surface area contributed by atoms with Crippen molar-refractivity contribution in [3.8, 4) is 11.5 Å². The Kier molecular flexibility index (Phi) is 3.00. The highest BCUT2D eigenvalue weighted by atomic mass is 16.7. The van der Waals surface area contributed by atoms with E-state index in [1.54, 1.807) is 0 Å². The van der Waals surface area contributed by atoms with Crippen LogP contribution >= 0.6 is 0 Å². The first-order valence-electron chi connectivity index (χ1n) is 7.21. The van der Waals surface area contributed by atoms with Gasteiger partial charge >= 0.3 is 0 Å². The highest BCUT2D eigenvalue weighted by Crippen LogP contribution is 2.36. The van der Waals surface area contributed by atoms with Gasteiger partial charge in [-0.15, -0.1) is 0 Å². The summed E-state index contributed by atoms with van der Waals surface area (Å²) in [7, 11) is 0. The Balaban J connectivity index is 1.54. The summed E-state index contributed by atoms with van der Waals surface area (Å²) in [5.74, 6) is 2.60. The van der Waals surface area contributed by atoms with Gasteiger partial charge in [-0.05, 0) is 13.0 Å². The van der Waals surface area contributed by atoms with Gasteiger partial charge in [-0.25, -0.2) is 9.97 Å². The van der Waals surface area contributed by atoms with E-state index in [9.17, 15) is 0 Å². The van der Waals surface area contributed by atoms with Crippen LogP contribution in [0, 0.1) is 6.92 Å². The minimum absolute atomic E-state index is 0.322. The average molecular weight is 283 g/mol. The molecule has 0 aliphatic carbocycles. The molecule has 0 atom stereocenters. The molecule has 108 valence electrons. The van der Waals surface area contributed by atoms with Gasteiger partial charge in [-0.3, -0.25) is 4.90 Å². The number of para-hydroxylation sites is 1. The number of aromatic nitrogens is 2. The van der Waals surface area contributed by atoms with E-state index in [1.165, 1.54) is 16.8 Å². The molecule has 0 bridgehead atoms. The van der Waals surface area contributed by atoms with Gasteiger partial charge in [0, 0.05) is 49.1 Å². The molecule has 4 rings (SSSR count). The van der Waals surface area contributed by atoms with Gasteiger partial charge < -0.3 is 9.47 Å². The van der Waals surface area contributed by atoms with Crippen molar-refractivity contribution in [1.82, 2.24) is 14.9 Å². The zero-order valence-corrected chi connectivity index (χ0v) is 12.0. The first-order chi connectivity index (χ1) is 10.3. The van der Waals surface area contributed by atoms with Gasteiger partial charge in [0.2, 0.25) is 6.79 Å². The molecule has 0 spiro atoms. The fraction of sp³-hybridized carbons (Fsp3) is 0.375. The normalized spacial score (nSPS) is 16.8. The third-order valence-electron chi connectivity index (χ3n) is 4.01. The number of aryl methyl sites for hydroxylation is 1. The van der Waals surface area contributed by atoms with E-state index >= 15 is 0 Å². The van der Waals surface area contributed by atoms with Gasteiger partial charge in [0.1, 0.15) is 5.82 Å². The third kappa shape index (κ3) is 2.34. The minimum atomic E-state index is 0.322. The van der Waals surface area contributed by atoms with Gasteiger partial charge in [0.15, 0.2) is 11.5 Å². The highest BCUT2D eigenvalue weighted by Gasteiger charge is 2.22. The molecule has 5 heteroatoms. The maximum Gasteiger partial charge on any atom is 0.231 e. The van der Waals surface area contributed by atoms with Gasteiger partial charge in [-0.2, -0.15) is 0 Å². The van der Waals surface area contributed by atoms with Crippen LogP contribution in [0.4, 0.5) is 0 Å². The van der Waals surface area contributed by atoms with Crippen LogP contribution < -0.4 is 9.47 Å². The Morgan fingerprint density at radius 1 is 1.29 bits per heavy atom. The Morgan fingerprint density at radius 2 is 2.24 bits per heavy atom. The first-order valence-corrected chi connectivity index (χ1v) is 7.21. The molecular weight excluding hydrogens is 266 g/mol. The molecule has 1 aromatic carbocycles. The number of hydrogen-bond donors (Lipinski definition) is 0. The fourth-order valence-corrected chi connectivity index (χ4v) is 2.97. The van der Waals surface area contributed by atoms with Gasteiger partial charge in [0.25, 0.3) is 0 Å². The smallest absolute Gasteiger partial charge is 0.231 e. The monoisotopic (exact) mass is 283 g/mol. The van der Waals surface area contributed by atoms with Crippen molar-refractivity contribution < 1.29 is 9.47 Å². The van der Waals surface area contributed by atoms with Crippen molar-refractivity contribution in [2.45, 2.75) is 26.4 Å². The molecule has 2 aliphatic heterocycles. The number of nitrogens with zero attached hydrogens (tertiary/aromatic N) is 3. The second kappa shape index (κ2) is 5.00. The van der Waals surface area contributed by atoms with E-state index in [0.717, 1.165) is 43.4 Å². The van der Waals surface area contributed by atoms with Crippen LogP contribution in [-0.2, 0) is 19.5 Å². The SMILES string of the molecule is Cc1ncc2c(n1)CCN(Cc1cccc3c1OCO3)C2. The molecule has 21 heavy (non-hydrogen) atoms. The lowest BCUT2D eigenvalue weighted by Crippen LogP contribution is -2.31. The standard InChI is InChI=1S/C16H17N3O2/c1-11-17-7-13-9-19(6-5-14(13)18-11)8-12-3-2-4-15-16(12)21-10-20-15/h2-4,7H,5-6,8-10H2,1H3. The molecule has 0 fully saturated rings. The molecule has 0 saturated heterocycles. The summed E-state index contributed by atoms with van der Waals surface area (Å²) < 4.78 is 11.0. The van der Waals surface area contributed by atoms with Crippen LogP contribution in [0.15, 0.2) is 24.4 Å². The molecule has 5 nitrogen and oxygen atoms in total. The molecule has 0 N–H and O–H groups in total. The molecule has 3 heterocycles. The van der Waals surface area contributed by atoms with Crippen molar-refractivity contribution in [3.05, 3.63) is 47.0 Å². The Labute approximate surface area is 123 Å². The Bertz CT molecular complexity index is 687. The zero-order chi connectivity index (χ0) is 14.2. The van der Waals surface area contributed by atoms with Crippen molar-refractivity contribution >= 4 is 0 Å². The predicted octanol–water partition coefficient (Wildman–Crippen LogP) is 2.07. The largest absolute Gasteiger partial charge is 0.454 e. The first kappa shape index (κ1) is 12.6. The lowest BCUT2D eigenvalue weighted by Gasteiger charge is -2.28. The van der Waals surface area contributed by atoms with Crippen LogP contribution in [0.3, 0.4) is 0 Å². The van der Waals surface area contributed by atoms with Crippen LogP contribution in [-0.4, -0.2) is 28.2 Å². The summed E-state index contributed by atoms with van der Waals surface area (Å²) in [5, 5.41) is 0. The maximum absolute atomic E-state index is 5.58. The molecule has 0 unspecified atom stereocenters. The topological polar surface area (TPSA) is 47.5 Å². The van der Waals surface area contributed by atoms with Crippen LogP contribution in [0.25, 0.3) is 0 Å². The lowest BCUT2D eigenvalue weighted by molar-refractivity contribution is 0.171. The molecule has 0 radical (unpaired) electrons. The summed E-state index contributed by atoms with van der Waals surface area (Å²) in [4.78, 5) is 11.2. The summed E-state index contributed by atoms with van der Waals surface area (Å²) in [6.45, 7) is 5.02. The number of fused-ring (bicyclic) bond motifs is 2. The van der Waals surface area contributed by atoms with E-state index in [0.29, 0.717) is 6.79 Å². The molecule has 2 aliphatic rings. The van der Waals surface area contributed by atoms with Crippen molar-refractivity contribution in [1.29, 1.82) is 0 Å². The average Bonchev–Trinajstić information content (AvgIpc) is 2.97. The lowest BCUT2D eigenvalue weighted by atomic mass is 10.1. The third-order valence-corrected chi connectivity index (χ3v) is 4.01. The predicted molar refractivity (Wildman–Crippen MR) is 77.2 cm³/mol. The molecule has 0 saturated carbocycles. The van der Waals surface area contributed by atoms with Crippen molar-refractivity contribution in [3.63, 3.8) is 0 Å². The second-order valence-electron chi connectivity index (χ2n) is 5.50. The van der Waals surface area contributed by atoms with Gasteiger partial charge in [-0.1, -0.05) is 12.1 Å².